The first kappa shape index (κ1) is 15.8. The predicted octanol–water partition coefficient (Wildman–Crippen LogP) is 2.51. The average Bonchev–Trinajstić information content (AvgIpc) is 3.26. The van der Waals surface area contributed by atoms with E-state index in [1.54, 1.807) is 0 Å². The smallest absolute Gasteiger partial charge is 0.274 e. The fourth-order valence-electron chi connectivity index (χ4n) is 3.06. The van der Waals surface area contributed by atoms with Crippen LogP contribution in [0.15, 0.2) is 34.9 Å². The van der Waals surface area contributed by atoms with Crippen molar-refractivity contribution in [2.24, 2.45) is 0 Å². The van der Waals surface area contributed by atoms with Crippen molar-refractivity contribution in [3.05, 3.63) is 57.9 Å². The number of hydrogen-bond donors (Lipinski definition) is 2. The number of anilines is 1. The molecule has 8 heteroatoms. The molecule has 128 valence electrons. The molecule has 0 fully saturated rings. The van der Waals surface area contributed by atoms with E-state index in [0.29, 0.717) is 15.8 Å². The van der Waals surface area contributed by atoms with Crippen molar-refractivity contribution in [2.45, 2.75) is 31.7 Å². The number of nitrogens with zero attached hydrogens (tertiary/aromatic N) is 3. The number of nitrogen functional groups attached to an aromatic ring is 1. The third kappa shape index (κ3) is 3.12. The number of rotatable bonds is 4. The van der Waals surface area contributed by atoms with Gasteiger partial charge < -0.3 is 15.6 Å². The second-order valence-electron chi connectivity index (χ2n) is 5.94. The van der Waals surface area contributed by atoms with Gasteiger partial charge >= 0.3 is 0 Å². The highest BCUT2D eigenvalue weighted by atomic mass is 32.1. The Morgan fingerprint density at radius 2 is 2.00 bits per heavy atom. The molecule has 0 aliphatic heterocycles. The van der Waals surface area contributed by atoms with E-state index in [4.69, 9.17) is 10.3 Å². The number of benzene rings is 1. The van der Waals surface area contributed by atoms with Crippen molar-refractivity contribution < 1.29 is 9.32 Å². The fourth-order valence-corrected chi connectivity index (χ4v) is 3.75. The van der Waals surface area contributed by atoms with Gasteiger partial charge in [-0.15, -0.1) is 10.2 Å². The second kappa shape index (κ2) is 6.64. The summed E-state index contributed by atoms with van der Waals surface area (Å²) in [5.74, 6) is 0.558. The molecule has 1 aliphatic rings. The Morgan fingerprint density at radius 3 is 2.76 bits per heavy atom. The van der Waals surface area contributed by atoms with Gasteiger partial charge in [0.25, 0.3) is 5.91 Å². The van der Waals surface area contributed by atoms with E-state index in [2.05, 4.69) is 20.7 Å². The van der Waals surface area contributed by atoms with E-state index in [1.165, 1.54) is 11.3 Å². The summed E-state index contributed by atoms with van der Waals surface area (Å²) in [7, 11) is 0. The Morgan fingerprint density at radius 1 is 1.20 bits per heavy atom. The molecule has 2 aromatic heterocycles. The van der Waals surface area contributed by atoms with Crippen LogP contribution in [0.4, 0.5) is 5.13 Å². The molecule has 0 saturated heterocycles. The zero-order valence-electron chi connectivity index (χ0n) is 13.4. The van der Waals surface area contributed by atoms with E-state index in [9.17, 15) is 4.79 Å². The fraction of sp³-hybridized carbons (Fsp3) is 0.294. The van der Waals surface area contributed by atoms with Gasteiger partial charge in [0.2, 0.25) is 5.13 Å². The first-order valence-corrected chi connectivity index (χ1v) is 8.96. The van der Waals surface area contributed by atoms with Crippen LogP contribution in [0.2, 0.25) is 0 Å². The maximum atomic E-state index is 12.8. The third-order valence-corrected chi connectivity index (χ3v) is 5.09. The summed E-state index contributed by atoms with van der Waals surface area (Å²) in [6.45, 7) is 0. The van der Waals surface area contributed by atoms with Crippen molar-refractivity contribution in [3.8, 4) is 0 Å². The van der Waals surface area contributed by atoms with Gasteiger partial charge in [0, 0.05) is 12.0 Å². The van der Waals surface area contributed by atoms with Crippen LogP contribution in [-0.4, -0.2) is 21.3 Å². The van der Waals surface area contributed by atoms with Crippen LogP contribution in [-0.2, 0) is 12.8 Å². The van der Waals surface area contributed by atoms with E-state index < -0.39 is 6.04 Å². The molecule has 0 radical (unpaired) electrons. The van der Waals surface area contributed by atoms with Crippen LogP contribution >= 0.6 is 11.3 Å². The van der Waals surface area contributed by atoms with E-state index in [-0.39, 0.29) is 5.91 Å². The number of fused-ring (bicyclic) bond motifs is 1. The van der Waals surface area contributed by atoms with Crippen LogP contribution in [0.5, 0.6) is 0 Å². The SMILES string of the molecule is Nc1nnc([C@@H](NC(=O)c2noc3c2CCCC3)c2ccccc2)s1. The van der Waals surface area contributed by atoms with Gasteiger partial charge in [-0.2, -0.15) is 0 Å². The van der Waals surface area contributed by atoms with Crippen LogP contribution in [0.25, 0.3) is 0 Å². The first-order chi connectivity index (χ1) is 12.2. The Balaban J connectivity index is 1.65. The maximum absolute atomic E-state index is 12.8. The van der Waals surface area contributed by atoms with Crippen molar-refractivity contribution in [2.75, 3.05) is 5.73 Å². The van der Waals surface area contributed by atoms with E-state index in [0.717, 1.165) is 42.6 Å². The molecular weight excluding hydrogens is 338 g/mol. The molecule has 1 atom stereocenters. The highest BCUT2D eigenvalue weighted by Crippen LogP contribution is 2.28. The molecule has 0 spiro atoms. The summed E-state index contributed by atoms with van der Waals surface area (Å²) >= 11 is 1.26. The van der Waals surface area contributed by atoms with Gasteiger partial charge in [0.15, 0.2) is 5.69 Å². The monoisotopic (exact) mass is 355 g/mol. The summed E-state index contributed by atoms with van der Waals surface area (Å²) in [4.78, 5) is 12.8. The van der Waals surface area contributed by atoms with Crippen LogP contribution < -0.4 is 11.1 Å². The van der Waals surface area contributed by atoms with Crippen molar-refractivity contribution in [1.29, 1.82) is 0 Å². The third-order valence-electron chi connectivity index (χ3n) is 4.28. The lowest BCUT2D eigenvalue weighted by Gasteiger charge is -2.16. The molecule has 2 heterocycles. The number of nitrogens with two attached hydrogens (primary N) is 1. The Kier molecular flexibility index (Phi) is 4.19. The molecule has 1 amide bonds. The Labute approximate surface area is 148 Å². The van der Waals surface area contributed by atoms with Crippen molar-refractivity contribution in [3.63, 3.8) is 0 Å². The van der Waals surface area contributed by atoms with Gasteiger partial charge in [-0.05, 0) is 24.8 Å². The predicted molar refractivity (Wildman–Crippen MR) is 93.2 cm³/mol. The van der Waals surface area contributed by atoms with Gasteiger partial charge in [-0.25, -0.2) is 0 Å². The molecule has 1 aliphatic carbocycles. The number of aryl methyl sites for hydroxylation is 1. The molecule has 3 aromatic rings. The molecular formula is C17H17N5O2S. The van der Waals surface area contributed by atoms with E-state index >= 15 is 0 Å². The molecule has 0 saturated carbocycles. The van der Waals surface area contributed by atoms with Gasteiger partial charge in [0.05, 0.1) is 0 Å². The normalized spacial score (nSPS) is 14.7. The molecule has 4 rings (SSSR count). The number of hydrogen-bond acceptors (Lipinski definition) is 7. The van der Waals surface area contributed by atoms with E-state index in [1.807, 2.05) is 30.3 Å². The quantitative estimate of drug-likeness (QED) is 0.745. The van der Waals surface area contributed by atoms with Crippen LogP contribution in [0.3, 0.4) is 0 Å². The Bertz CT molecular complexity index is 890. The zero-order valence-corrected chi connectivity index (χ0v) is 14.3. The van der Waals surface area contributed by atoms with Crippen LogP contribution in [0.1, 0.15) is 51.3 Å². The molecule has 7 nitrogen and oxygen atoms in total. The lowest BCUT2D eigenvalue weighted by atomic mass is 9.96. The summed E-state index contributed by atoms with van der Waals surface area (Å²) in [5.41, 5.74) is 7.91. The second-order valence-corrected chi connectivity index (χ2v) is 6.98. The number of amides is 1. The van der Waals surface area contributed by atoms with Gasteiger partial charge in [-0.3, -0.25) is 4.79 Å². The summed E-state index contributed by atoms with van der Waals surface area (Å²) in [6, 6.07) is 9.18. The molecule has 0 bridgehead atoms. The highest BCUT2D eigenvalue weighted by Gasteiger charge is 2.27. The topological polar surface area (TPSA) is 107 Å². The molecule has 0 unspecified atom stereocenters. The lowest BCUT2D eigenvalue weighted by Crippen LogP contribution is -2.30. The lowest BCUT2D eigenvalue weighted by molar-refractivity contribution is 0.0933. The molecule has 1 aromatic carbocycles. The number of aromatic nitrogens is 3. The number of carbonyl (C=O) groups excluding carboxylic acids is 1. The average molecular weight is 355 g/mol. The first-order valence-electron chi connectivity index (χ1n) is 8.14. The standard InChI is InChI=1S/C17H17N5O2S/c18-17-21-20-16(25-17)13(10-6-2-1-3-7-10)19-15(23)14-11-8-4-5-9-12(11)24-22-14/h1-3,6-7,13H,4-5,8-9H2,(H2,18,21)(H,19,23)/t13-/m0/s1. The zero-order chi connectivity index (χ0) is 17.2. The number of nitrogens with one attached hydrogen (secondary N) is 1. The summed E-state index contributed by atoms with van der Waals surface area (Å²) < 4.78 is 5.35. The van der Waals surface area contributed by atoms with Gasteiger partial charge in [-0.1, -0.05) is 46.8 Å². The van der Waals surface area contributed by atoms with Gasteiger partial charge in [0.1, 0.15) is 16.8 Å². The van der Waals surface area contributed by atoms with Crippen molar-refractivity contribution in [1.82, 2.24) is 20.7 Å². The van der Waals surface area contributed by atoms with Crippen LogP contribution in [0, 0.1) is 0 Å². The minimum atomic E-state index is -0.431. The number of carbonyl (C=O) groups is 1. The minimum Gasteiger partial charge on any atom is -0.374 e. The summed E-state index contributed by atoms with van der Waals surface area (Å²) in [6.07, 6.45) is 3.78. The largest absolute Gasteiger partial charge is 0.374 e. The minimum absolute atomic E-state index is 0.269. The molecule has 3 N–H and O–H groups in total. The highest BCUT2D eigenvalue weighted by molar-refractivity contribution is 7.15. The Hall–Kier alpha value is -2.74. The maximum Gasteiger partial charge on any atom is 0.274 e. The van der Waals surface area contributed by atoms with Crippen molar-refractivity contribution >= 4 is 22.4 Å². The molecule has 25 heavy (non-hydrogen) atoms. The summed E-state index contributed by atoms with van der Waals surface area (Å²) in [5, 5.41) is 16.0.